The van der Waals surface area contributed by atoms with Crippen LogP contribution < -0.4 is 0 Å². The third-order valence-electron chi connectivity index (χ3n) is 2.05. The lowest BCUT2D eigenvalue weighted by molar-refractivity contribution is 0.888. The van der Waals surface area contributed by atoms with Crippen LogP contribution in [0.1, 0.15) is 30.3 Å². The molecule has 0 unspecified atom stereocenters. The van der Waals surface area contributed by atoms with Crippen LogP contribution in [0.4, 0.5) is 0 Å². The minimum absolute atomic E-state index is 0.572. The Bertz CT molecular complexity index is 364. The maximum Gasteiger partial charge on any atom is 0.131 e. The van der Waals surface area contributed by atoms with E-state index in [2.05, 4.69) is 31.8 Å². The van der Waals surface area contributed by atoms with Gasteiger partial charge in [-0.3, -0.25) is 0 Å². The first-order valence-electron chi connectivity index (χ1n) is 4.26. The van der Waals surface area contributed by atoms with Crippen molar-refractivity contribution in [1.82, 2.24) is 9.97 Å². The molecule has 2 rings (SSSR count). The Morgan fingerprint density at radius 3 is 3.00 bits per heavy atom. The highest BCUT2D eigenvalue weighted by Gasteiger charge is 2.26. The van der Waals surface area contributed by atoms with Crippen molar-refractivity contribution in [2.75, 3.05) is 0 Å². The van der Waals surface area contributed by atoms with E-state index in [1.165, 1.54) is 12.8 Å². The molecule has 2 nitrogen and oxygen atoms in total. The maximum atomic E-state index is 5.24. The molecule has 0 spiro atoms. The van der Waals surface area contributed by atoms with Gasteiger partial charge in [0.2, 0.25) is 0 Å². The van der Waals surface area contributed by atoms with Crippen molar-refractivity contribution in [3.63, 3.8) is 0 Å². The van der Waals surface area contributed by atoms with E-state index in [1.54, 1.807) is 6.20 Å². The molecule has 1 saturated carbocycles. The van der Waals surface area contributed by atoms with Gasteiger partial charge in [0.1, 0.15) is 5.82 Å². The van der Waals surface area contributed by atoms with E-state index in [0.717, 1.165) is 16.0 Å². The smallest absolute Gasteiger partial charge is 0.131 e. The largest absolute Gasteiger partial charge is 0.240 e. The first-order chi connectivity index (χ1) is 6.31. The average molecular weight is 237 g/mol. The monoisotopic (exact) mass is 236 g/mol. The minimum Gasteiger partial charge on any atom is -0.240 e. The van der Waals surface area contributed by atoms with Gasteiger partial charge in [-0.1, -0.05) is 0 Å². The summed E-state index contributed by atoms with van der Waals surface area (Å²) in [4.78, 5) is 8.68. The summed E-state index contributed by atoms with van der Waals surface area (Å²) in [5, 5.41) is 0. The van der Waals surface area contributed by atoms with E-state index in [1.807, 2.05) is 0 Å². The van der Waals surface area contributed by atoms with Crippen molar-refractivity contribution in [3.05, 3.63) is 22.2 Å². The second kappa shape index (κ2) is 3.47. The predicted molar refractivity (Wildman–Crippen MR) is 54.2 cm³/mol. The van der Waals surface area contributed by atoms with E-state index in [9.17, 15) is 0 Å². The molecular weight excluding hydrogens is 228 g/mol. The van der Waals surface area contributed by atoms with Crippen LogP contribution >= 0.6 is 15.9 Å². The van der Waals surface area contributed by atoms with Gasteiger partial charge in [-0.2, -0.15) is 0 Å². The number of halogens is 1. The van der Waals surface area contributed by atoms with Crippen LogP contribution in [0.2, 0.25) is 0 Å². The quantitative estimate of drug-likeness (QED) is 0.737. The molecule has 1 heterocycles. The van der Waals surface area contributed by atoms with Gasteiger partial charge in [0.15, 0.2) is 0 Å². The predicted octanol–water partition coefficient (Wildman–Crippen LogP) is 2.29. The number of nitrogens with zero attached hydrogens (tertiary/aromatic N) is 2. The molecule has 13 heavy (non-hydrogen) atoms. The van der Waals surface area contributed by atoms with Gasteiger partial charge in [-0.05, 0) is 28.8 Å². The summed E-state index contributed by atoms with van der Waals surface area (Å²) in [7, 11) is 0. The summed E-state index contributed by atoms with van der Waals surface area (Å²) >= 11 is 3.38. The fraction of sp³-hybridized carbons (Fsp3) is 0.400. The van der Waals surface area contributed by atoms with Crippen molar-refractivity contribution in [1.29, 1.82) is 0 Å². The lowest BCUT2D eigenvalue weighted by Gasteiger charge is -2.01. The van der Waals surface area contributed by atoms with E-state index in [-0.39, 0.29) is 0 Å². The molecule has 0 N–H and O–H groups in total. The van der Waals surface area contributed by atoms with E-state index in [4.69, 9.17) is 6.42 Å². The Balaban J connectivity index is 2.31. The zero-order valence-electron chi connectivity index (χ0n) is 7.13. The van der Waals surface area contributed by atoms with Crippen LogP contribution in [0.25, 0.3) is 0 Å². The molecule has 0 aromatic carbocycles. The van der Waals surface area contributed by atoms with Crippen molar-refractivity contribution in [2.45, 2.75) is 25.2 Å². The first kappa shape index (κ1) is 8.71. The van der Waals surface area contributed by atoms with Gasteiger partial charge in [0.05, 0.1) is 16.6 Å². The molecule has 66 valence electrons. The van der Waals surface area contributed by atoms with E-state index in [0.29, 0.717) is 12.3 Å². The summed E-state index contributed by atoms with van der Waals surface area (Å²) in [5.74, 6) is 4.13. The third-order valence-corrected chi connectivity index (χ3v) is 2.71. The molecule has 0 atom stereocenters. The summed E-state index contributed by atoms with van der Waals surface area (Å²) in [6.07, 6.45) is 10.0. The normalized spacial score (nSPS) is 15.4. The highest BCUT2D eigenvalue weighted by Crippen LogP contribution is 2.38. The zero-order valence-corrected chi connectivity index (χ0v) is 8.71. The maximum absolute atomic E-state index is 5.24. The van der Waals surface area contributed by atoms with Crippen molar-refractivity contribution in [2.24, 2.45) is 0 Å². The molecule has 3 heteroatoms. The van der Waals surface area contributed by atoms with E-state index >= 15 is 0 Å². The van der Waals surface area contributed by atoms with Crippen molar-refractivity contribution >= 4 is 15.9 Å². The molecule has 1 aromatic heterocycles. The third kappa shape index (κ3) is 1.89. The number of terminal acetylenes is 1. The number of rotatable bonds is 2. The lowest BCUT2D eigenvalue weighted by Crippen LogP contribution is -1.98. The minimum atomic E-state index is 0.572. The van der Waals surface area contributed by atoms with Gasteiger partial charge in [0.25, 0.3) is 0 Å². The van der Waals surface area contributed by atoms with Gasteiger partial charge in [-0.25, -0.2) is 9.97 Å². The first-order valence-corrected chi connectivity index (χ1v) is 5.05. The number of aromatic nitrogens is 2. The zero-order chi connectivity index (χ0) is 9.26. The molecule has 0 amide bonds. The van der Waals surface area contributed by atoms with Gasteiger partial charge in [0, 0.05) is 12.1 Å². The summed E-state index contributed by atoms with van der Waals surface area (Å²) < 4.78 is 0.912. The van der Waals surface area contributed by atoms with Gasteiger partial charge >= 0.3 is 0 Å². The van der Waals surface area contributed by atoms with Crippen LogP contribution in [0.3, 0.4) is 0 Å². The van der Waals surface area contributed by atoms with Gasteiger partial charge < -0.3 is 0 Å². The van der Waals surface area contributed by atoms with Crippen LogP contribution in [-0.2, 0) is 6.42 Å². The fourth-order valence-corrected chi connectivity index (χ4v) is 1.51. The molecule has 0 bridgehead atoms. The number of hydrogen-bond acceptors (Lipinski definition) is 2. The molecule has 1 fully saturated rings. The standard InChI is InChI=1S/C10H9BrN2/c1-2-3-9-8(11)6-12-10(13-9)7-4-5-7/h1,6-7H,3-5H2. The molecule has 0 aliphatic heterocycles. The van der Waals surface area contributed by atoms with Crippen LogP contribution in [-0.4, -0.2) is 9.97 Å². The Hall–Kier alpha value is -0.880. The Kier molecular flexibility index (Phi) is 2.32. The van der Waals surface area contributed by atoms with Crippen LogP contribution in [0.5, 0.6) is 0 Å². The Morgan fingerprint density at radius 1 is 1.62 bits per heavy atom. The summed E-state index contributed by atoms with van der Waals surface area (Å²) in [6, 6.07) is 0. The lowest BCUT2D eigenvalue weighted by atomic mass is 10.3. The Labute approximate surface area is 85.9 Å². The topological polar surface area (TPSA) is 25.8 Å². The Morgan fingerprint density at radius 2 is 2.38 bits per heavy atom. The average Bonchev–Trinajstić information content (AvgIpc) is 2.92. The van der Waals surface area contributed by atoms with E-state index < -0.39 is 0 Å². The highest BCUT2D eigenvalue weighted by molar-refractivity contribution is 9.10. The highest BCUT2D eigenvalue weighted by atomic mass is 79.9. The molecule has 1 aliphatic carbocycles. The molecular formula is C10H9BrN2. The second-order valence-electron chi connectivity index (χ2n) is 3.18. The molecule has 0 saturated heterocycles. The van der Waals surface area contributed by atoms with Crippen molar-refractivity contribution < 1.29 is 0 Å². The molecule has 0 radical (unpaired) electrons. The van der Waals surface area contributed by atoms with Gasteiger partial charge in [-0.15, -0.1) is 12.3 Å². The summed E-state index contributed by atoms with van der Waals surface area (Å²) in [5.41, 5.74) is 0.930. The van der Waals surface area contributed by atoms with Crippen molar-refractivity contribution in [3.8, 4) is 12.3 Å². The molecule has 1 aromatic rings. The van der Waals surface area contributed by atoms with Crippen LogP contribution in [0, 0.1) is 12.3 Å². The van der Waals surface area contributed by atoms with Crippen LogP contribution in [0.15, 0.2) is 10.7 Å². The fourth-order valence-electron chi connectivity index (χ4n) is 1.18. The summed E-state index contributed by atoms with van der Waals surface area (Å²) in [6.45, 7) is 0. The second-order valence-corrected chi connectivity index (χ2v) is 4.03. The SMILES string of the molecule is C#CCc1nc(C2CC2)ncc1Br. The number of hydrogen-bond donors (Lipinski definition) is 0. The molecule has 1 aliphatic rings.